The van der Waals surface area contributed by atoms with Crippen molar-refractivity contribution in [2.45, 2.75) is 31.3 Å². The third-order valence-corrected chi connectivity index (χ3v) is 7.65. The van der Waals surface area contributed by atoms with Crippen LogP contribution in [0.2, 0.25) is 5.02 Å². The molecule has 33 heavy (non-hydrogen) atoms. The van der Waals surface area contributed by atoms with Crippen LogP contribution in [-0.4, -0.2) is 41.9 Å². The first-order valence-electron chi connectivity index (χ1n) is 10.3. The normalized spacial score (nSPS) is 17.1. The highest BCUT2D eigenvalue weighted by Crippen LogP contribution is 2.29. The van der Waals surface area contributed by atoms with E-state index in [9.17, 15) is 17.6 Å². The lowest BCUT2D eigenvalue weighted by molar-refractivity contribution is 0.0429. The van der Waals surface area contributed by atoms with Crippen LogP contribution in [0.3, 0.4) is 0 Å². The Bertz CT molecular complexity index is 1260. The van der Waals surface area contributed by atoms with E-state index in [0.29, 0.717) is 18.7 Å². The molecule has 3 aromatic rings. The predicted molar refractivity (Wildman–Crippen MR) is 117 cm³/mol. The first-order chi connectivity index (χ1) is 15.7. The van der Waals surface area contributed by atoms with Gasteiger partial charge in [0.25, 0.3) is 5.89 Å². The number of hydrogen-bond acceptors (Lipinski definition) is 7. The summed E-state index contributed by atoms with van der Waals surface area (Å²) in [7, 11) is -3.85. The number of esters is 1. The van der Waals surface area contributed by atoms with E-state index in [4.69, 9.17) is 20.9 Å². The van der Waals surface area contributed by atoms with Crippen molar-refractivity contribution in [1.82, 2.24) is 14.4 Å². The van der Waals surface area contributed by atoms with Crippen LogP contribution in [0.5, 0.6) is 0 Å². The monoisotopic (exact) mass is 493 g/mol. The molecule has 0 spiro atoms. The zero-order chi connectivity index (χ0) is 23.6. The van der Waals surface area contributed by atoms with Gasteiger partial charge in [-0.3, -0.25) is 0 Å². The Hall–Kier alpha value is -2.82. The van der Waals surface area contributed by atoms with Gasteiger partial charge in [-0.25, -0.2) is 17.6 Å². The van der Waals surface area contributed by atoms with Crippen molar-refractivity contribution in [2.75, 3.05) is 13.1 Å². The molecular formula is C22H21ClFN3O5S. The molecule has 0 amide bonds. The summed E-state index contributed by atoms with van der Waals surface area (Å²) in [5, 5.41) is 3.81. The van der Waals surface area contributed by atoms with Gasteiger partial charge in [0, 0.05) is 18.7 Å². The number of carbonyl (C=O) groups excluding carboxylic acids is 1. The van der Waals surface area contributed by atoms with Crippen molar-refractivity contribution in [3.63, 3.8) is 0 Å². The Kier molecular flexibility index (Phi) is 6.78. The van der Waals surface area contributed by atoms with Crippen LogP contribution in [0, 0.1) is 11.7 Å². The highest BCUT2D eigenvalue weighted by atomic mass is 35.5. The van der Waals surface area contributed by atoms with Gasteiger partial charge in [-0.2, -0.15) is 9.29 Å². The molecule has 0 N–H and O–H groups in total. The number of halogens is 2. The van der Waals surface area contributed by atoms with Crippen molar-refractivity contribution in [3.05, 3.63) is 64.8 Å². The second-order valence-electron chi connectivity index (χ2n) is 7.85. The van der Waals surface area contributed by atoms with E-state index in [1.54, 1.807) is 0 Å². The standard InChI is InChI=1S/C22H21ClFN3O5S/c1-14-3-2-10-27(12-14)33(29,30)19-11-16(6-9-18(19)23)22(28)31-13-20-25-21(26-32-20)15-4-7-17(24)8-5-15/h4-9,11,14H,2-3,10,12-13H2,1H3. The van der Waals surface area contributed by atoms with Crippen LogP contribution < -0.4 is 0 Å². The largest absolute Gasteiger partial charge is 0.452 e. The molecule has 1 saturated heterocycles. The molecule has 1 unspecified atom stereocenters. The Morgan fingerprint density at radius 3 is 2.76 bits per heavy atom. The molecule has 4 rings (SSSR count). The van der Waals surface area contributed by atoms with Crippen LogP contribution in [0.1, 0.15) is 36.0 Å². The van der Waals surface area contributed by atoms with Crippen LogP contribution in [-0.2, 0) is 21.4 Å². The molecule has 1 atom stereocenters. The zero-order valence-corrected chi connectivity index (χ0v) is 19.3. The van der Waals surface area contributed by atoms with Gasteiger partial charge in [0.1, 0.15) is 10.7 Å². The smallest absolute Gasteiger partial charge is 0.338 e. The van der Waals surface area contributed by atoms with Crippen LogP contribution in [0.15, 0.2) is 51.9 Å². The summed E-state index contributed by atoms with van der Waals surface area (Å²) in [6.45, 7) is 2.49. The Balaban J connectivity index is 1.46. The molecule has 0 saturated carbocycles. The number of aromatic nitrogens is 2. The van der Waals surface area contributed by atoms with E-state index in [2.05, 4.69) is 10.1 Å². The maximum Gasteiger partial charge on any atom is 0.338 e. The maximum atomic E-state index is 13.1. The van der Waals surface area contributed by atoms with Gasteiger partial charge in [0.2, 0.25) is 15.8 Å². The Labute approximate surface area is 195 Å². The van der Waals surface area contributed by atoms with Crippen molar-refractivity contribution < 1.29 is 26.9 Å². The van der Waals surface area contributed by atoms with E-state index in [0.717, 1.165) is 12.8 Å². The van der Waals surface area contributed by atoms with Crippen LogP contribution in [0.25, 0.3) is 11.4 Å². The summed E-state index contributed by atoms with van der Waals surface area (Å²) in [5.41, 5.74) is 0.568. The molecule has 0 aliphatic carbocycles. The highest BCUT2D eigenvalue weighted by Gasteiger charge is 2.31. The predicted octanol–water partition coefficient (Wildman–Crippen LogP) is 4.31. The molecule has 11 heteroatoms. The molecule has 0 bridgehead atoms. The highest BCUT2D eigenvalue weighted by molar-refractivity contribution is 7.89. The Morgan fingerprint density at radius 2 is 2.03 bits per heavy atom. The van der Waals surface area contributed by atoms with Crippen molar-refractivity contribution in [1.29, 1.82) is 0 Å². The second kappa shape index (κ2) is 9.58. The molecule has 174 valence electrons. The fourth-order valence-electron chi connectivity index (χ4n) is 3.57. The second-order valence-corrected chi connectivity index (χ2v) is 10.2. The van der Waals surface area contributed by atoms with Gasteiger partial charge in [0.15, 0.2) is 6.61 Å². The SMILES string of the molecule is CC1CCCN(S(=O)(=O)c2cc(C(=O)OCc3nc(-c4ccc(F)cc4)no3)ccc2Cl)C1. The van der Waals surface area contributed by atoms with E-state index in [1.165, 1.54) is 46.8 Å². The molecular weight excluding hydrogens is 473 g/mol. The first kappa shape index (κ1) is 23.3. The quantitative estimate of drug-likeness (QED) is 0.471. The van der Waals surface area contributed by atoms with Crippen molar-refractivity contribution in [2.24, 2.45) is 5.92 Å². The Morgan fingerprint density at radius 1 is 1.27 bits per heavy atom. The third kappa shape index (κ3) is 5.23. The summed E-state index contributed by atoms with van der Waals surface area (Å²) in [6.07, 6.45) is 1.73. The van der Waals surface area contributed by atoms with Gasteiger partial charge >= 0.3 is 5.97 Å². The first-order valence-corrected chi connectivity index (χ1v) is 12.1. The summed E-state index contributed by atoms with van der Waals surface area (Å²) in [5.74, 6) is -0.662. The fraction of sp³-hybridized carbons (Fsp3) is 0.318. The van der Waals surface area contributed by atoms with Gasteiger partial charge in [-0.15, -0.1) is 0 Å². The van der Waals surface area contributed by atoms with Crippen molar-refractivity contribution in [3.8, 4) is 11.4 Å². The lowest BCUT2D eigenvalue weighted by atomic mass is 10.0. The molecule has 2 heterocycles. The minimum Gasteiger partial charge on any atom is -0.452 e. The number of rotatable bonds is 6. The molecule has 1 fully saturated rings. The van der Waals surface area contributed by atoms with E-state index in [-0.39, 0.29) is 39.7 Å². The van der Waals surface area contributed by atoms with Gasteiger partial charge in [0.05, 0.1) is 10.6 Å². The number of sulfonamides is 1. The average Bonchev–Trinajstić information content (AvgIpc) is 3.27. The molecule has 8 nitrogen and oxygen atoms in total. The van der Waals surface area contributed by atoms with Crippen LogP contribution in [0.4, 0.5) is 4.39 Å². The summed E-state index contributed by atoms with van der Waals surface area (Å²) < 4.78 is 50.9. The number of piperidine rings is 1. The topological polar surface area (TPSA) is 103 Å². The summed E-state index contributed by atoms with van der Waals surface area (Å²) >= 11 is 6.17. The number of benzene rings is 2. The molecule has 1 aromatic heterocycles. The minimum absolute atomic E-state index is 0.0290. The number of ether oxygens (including phenoxy) is 1. The molecule has 1 aliphatic rings. The lowest BCUT2D eigenvalue weighted by Crippen LogP contribution is -2.39. The molecule has 0 radical (unpaired) electrons. The average molecular weight is 494 g/mol. The van der Waals surface area contributed by atoms with Crippen molar-refractivity contribution >= 4 is 27.6 Å². The summed E-state index contributed by atoms with van der Waals surface area (Å²) in [6, 6.07) is 9.49. The fourth-order valence-corrected chi connectivity index (χ4v) is 5.67. The zero-order valence-electron chi connectivity index (χ0n) is 17.7. The van der Waals surface area contributed by atoms with Gasteiger partial charge < -0.3 is 9.26 Å². The third-order valence-electron chi connectivity index (χ3n) is 5.30. The summed E-state index contributed by atoms with van der Waals surface area (Å²) in [4.78, 5) is 16.5. The van der Waals surface area contributed by atoms with Gasteiger partial charge in [-0.1, -0.05) is 23.7 Å². The lowest BCUT2D eigenvalue weighted by Gasteiger charge is -2.30. The van der Waals surface area contributed by atoms with Gasteiger partial charge in [-0.05, 0) is 61.2 Å². The van der Waals surface area contributed by atoms with E-state index >= 15 is 0 Å². The number of nitrogens with zero attached hydrogens (tertiary/aromatic N) is 3. The maximum absolute atomic E-state index is 13.1. The molecule has 1 aliphatic heterocycles. The van der Waals surface area contributed by atoms with E-state index in [1.807, 2.05) is 6.92 Å². The number of carbonyl (C=O) groups is 1. The van der Waals surface area contributed by atoms with E-state index < -0.39 is 21.8 Å². The number of hydrogen-bond donors (Lipinski definition) is 0. The minimum atomic E-state index is -3.85. The van der Waals surface area contributed by atoms with Crippen LogP contribution >= 0.6 is 11.6 Å². The molecule has 2 aromatic carbocycles.